The van der Waals surface area contributed by atoms with Gasteiger partial charge in [-0.2, -0.15) is 0 Å². The van der Waals surface area contributed by atoms with Gasteiger partial charge in [0.25, 0.3) is 0 Å². The highest BCUT2D eigenvalue weighted by atomic mass is 16.6. The molecule has 0 radical (unpaired) electrons. The Morgan fingerprint density at radius 1 is 1.26 bits per heavy atom. The first-order valence-electron chi connectivity index (χ1n) is 6.56. The van der Waals surface area contributed by atoms with Gasteiger partial charge in [0, 0.05) is 0 Å². The zero-order valence-corrected chi connectivity index (χ0v) is 12.8. The third-order valence-electron chi connectivity index (χ3n) is 2.52. The van der Waals surface area contributed by atoms with Crippen molar-refractivity contribution in [1.29, 1.82) is 0 Å². The van der Waals surface area contributed by atoms with Gasteiger partial charge in [0.05, 0.1) is 0 Å². The molecule has 0 aliphatic carbocycles. The maximum atomic E-state index is 11.4. The lowest BCUT2D eigenvalue weighted by Crippen LogP contribution is -2.26. The van der Waals surface area contributed by atoms with E-state index in [9.17, 15) is 4.79 Å². The summed E-state index contributed by atoms with van der Waals surface area (Å²) in [5.41, 5.74) is 0.521. The molecule has 0 aliphatic rings. The summed E-state index contributed by atoms with van der Waals surface area (Å²) in [6.07, 6.45) is 4.62. The number of hydrogen-bond acceptors (Lipinski definition) is 3. The van der Waals surface area contributed by atoms with Crippen LogP contribution in [0.15, 0.2) is 36.6 Å². The van der Waals surface area contributed by atoms with Gasteiger partial charge in [0.2, 0.25) is 0 Å². The van der Waals surface area contributed by atoms with Crippen LogP contribution in [0.25, 0.3) is 0 Å². The van der Waals surface area contributed by atoms with E-state index in [2.05, 4.69) is 27.0 Å². The molecular weight excluding hydrogens is 240 g/mol. The van der Waals surface area contributed by atoms with Crippen LogP contribution in [-0.4, -0.2) is 18.2 Å². The number of allylic oxidation sites excluding steroid dienone is 3. The zero-order valence-electron chi connectivity index (χ0n) is 12.8. The first-order chi connectivity index (χ1) is 8.65. The van der Waals surface area contributed by atoms with Crippen LogP contribution in [0.5, 0.6) is 0 Å². The number of carbonyl (C=O) groups excluding carboxylic acids is 1. The number of esters is 1. The normalized spacial score (nSPS) is 13.1. The monoisotopic (exact) mass is 266 g/mol. The van der Waals surface area contributed by atoms with Gasteiger partial charge < -0.3 is 9.47 Å². The fraction of sp³-hybridized carbons (Fsp3) is 0.562. The van der Waals surface area contributed by atoms with E-state index in [-0.39, 0.29) is 6.61 Å². The molecule has 0 aromatic carbocycles. The summed E-state index contributed by atoms with van der Waals surface area (Å²) >= 11 is 0. The third kappa shape index (κ3) is 9.11. The topological polar surface area (TPSA) is 35.5 Å². The minimum Gasteiger partial charge on any atom is -0.483 e. The van der Waals surface area contributed by atoms with E-state index >= 15 is 0 Å². The summed E-state index contributed by atoms with van der Waals surface area (Å²) in [7, 11) is 0. The van der Waals surface area contributed by atoms with Crippen LogP contribution >= 0.6 is 0 Å². The lowest BCUT2D eigenvalue weighted by atomic mass is 10.00. The lowest BCUT2D eigenvalue weighted by Gasteiger charge is -2.19. The molecule has 0 rings (SSSR count). The predicted molar refractivity (Wildman–Crippen MR) is 78.7 cm³/mol. The van der Waals surface area contributed by atoms with E-state index < -0.39 is 11.6 Å². The molecule has 1 atom stereocenters. The van der Waals surface area contributed by atoms with Crippen molar-refractivity contribution in [2.75, 3.05) is 6.61 Å². The van der Waals surface area contributed by atoms with Crippen molar-refractivity contribution in [2.45, 2.75) is 46.6 Å². The van der Waals surface area contributed by atoms with E-state index in [0.717, 1.165) is 12.0 Å². The van der Waals surface area contributed by atoms with E-state index in [4.69, 9.17) is 9.47 Å². The molecule has 0 bridgehead atoms. The van der Waals surface area contributed by atoms with E-state index in [1.54, 1.807) is 6.08 Å². The second kappa shape index (κ2) is 7.82. The van der Waals surface area contributed by atoms with Crippen molar-refractivity contribution in [3.63, 3.8) is 0 Å². The molecule has 0 heterocycles. The van der Waals surface area contributed by atoms with Crippen LogP contribution < -0.4 is 0 Å². The molecule has 3 heteroatoms. The first-order valence-corrected chi connectivity index (χ1v) is 6.56. The highest BCUT2D eigenvalue weighted by Crippen LogP contribution is 2.14. The average Bonchev–Trinajstić information content (AvgIpc) is 2.30. The summed E-state index contributed by atoms with van der Waals surface area (Å²) in [4.78, 5) is 11.4. The summed E-state index contributed by atoms with van der Waals surface area (Å²) in [6, 6.07) is 0. The molecule has 0 N–H and O–H groups in total. The Balaban J connectivity index is 4.10. The van der Waals surface area contributed by atoms with Crippen LogP contribution in [0.4, 0.5) is 0 Å². The highest BCUT2D eigenvalue weighted by molar-refractivity contribution is 5.71. The smallest absolute Gasteiger partial charge is 0.344 e. The Hall–Kier alpha value is -1.51. The molecule has 3 nitrogen and oxygen atoms in total. The first kappa shape index (κ1) is 17.5. The molecule has 1 unspecified atom stereocenters. The third-order valence-corrected chi connectivity index (χ3v) is 2.52. The molecule has 0 amide bonds. The maximum Gasteiger partial charge on any atom is 0.344 e. The Labute approximate surface area is 117 Å². The fourth-order valence-corrected chi connectivity index (χ4v) is 1.20. The van der Waals surface area contributed by atoms with Gasteiger partial charge in [-0.05, 0) is 39.2 Å². The lowest BCUT2D eigenvalue weighted by molar-refractivity contribution is -0.158. The van der Waals surface area contributed by atoms with E-state index in [0.29, 0.717) is 11.7 Å². The maximum absolute atomic E-state index is 11.4. The molecule has 0 aromatic rings. The van der Waals surface area contributed by atoms with Gasteiger partial charge in [0.1, 0.15) is 11.4 Å². The molecule has 0 spiro atoms. The van der Waals surface area contributed by atoms with Crippen molar-refractivity contribution in [3.05, 3.63) is 36.6 Å². The fourth-order valence-electron chi connectivity index (χ4n) is 1.20. The van der Waals surface area contributed by atoms with Crippen LogP contribution in [0.3, 0.4) is 0 Å². The van der Waals surface area contributed by atoms with Gasteiger partial charge in [-0.1, -0.05) is 38.7 Å². The van der Waals surface area contributed by atoms with Crippen LogP contribution in [0.1, 0.15) is 41.0 Å². The van der Waals surface area contributed by atoms with E-state index in [1.807, 2.05) is 26.8 Å². The molecule has 0 saturated heterocycles. The number of carbonyl (C=O) groups is 1. The van der Waals surface area contributed by atoms with E-state index in [1.165, 1.54) is 0 Å². The van der Waals surface area contributed by atoms with Crippen molar-refractivity contribution in [3.8, 4) is 0 Å². The number of ether oxygens (including phenoxy) is 2. The summed E-state index contributed by atoms with van der Waals surface area (Å²) in [6.45, 7) is 17.2. The Kier molecular flexibility index (Phi) is 7.20. The second-order valence-electron chi connectivity index (χ2n) is 5.56. The molecule has 0 saturated carbocycles. The number of rotatable bonds is 7. The molecule has 108 valence electrons. The van der Waals surface area contributed by atoms with Gasteiger partial charge in [-0.15, -0.1) is 0 Å². The summed E-state index contributed by atoms with van der Waals surface area (Å²) in [5.74, 6) is 0.452. The standard InChI is InChI=1S/C16H26O3/c1-8-12(2)13(3)9-10-14(4)18-11-15(17)19-16(5,6)7/h9-10,12H,3-4,8,11H2,1-2,5-7H3. The Morgan fingerprint density at radius 2 is 1.84 bits per heavy atom. The van der Waals surface area contributed by atoms with Crippen molar-refractivity contribution in [2.24, 2.45) is 5.92 Å². The summed E-state index contributed by atoms with van der Waals surface area (Å²) in [5, 5.41) is 0. The van der Waals surface area contributed by atoms with Gasteiger partial charge >= 0.3 is 5.97 Å². The highest BCUT2D eigenvalue weighted by Gasteiger charge is 2.16. The van der Waals surface area contributed by atoms with Gasteiger partial charge in [-0.25, -0.2) is 4.79 Å². The Bertz CT molecular complexity index is 359. The summed E-state index contributed by atoms with van der Waals surface area (Å²) < 4.78 is 10.3. The average molecular weight is 266 g/mol. The second-order valence-corrected chi connectivity index (χ2v) is 5.56. The Morgan fingerprint density at radius 3 is 2.32 bits per heavy atom. The number of hydrogen-bond donors (Lipinski definition) is 0. The zero-order chi connectivity index (χ0) is 15.1. The predicted octanol–water partition coefficient (Wildman–Crippen LogP) is 4.02. The molecule has 0 aliphatic heterocycles. The van der Waals surface area contributed by atoms with Crippen molar-refractivity contribution in [1.82, 2.24) is 0 Å². The minimum atomic E-state index is -0.498. The van der Waals surface area contributed by atoms with Crippen LogP contribution in [-0.2, 0) is 14.3 Å². The van der Waals surface area contributed by atoms with Crippen molar-refractivity contribution < 1.29 is 14.3 Å². The van der Waals surface area contributed by atoms with Gasteiger partial charge in [-0.3, -0.25) is 0 Å². The SMILES string of the molecule is C=C(C=CC(=C)C(C)CC)OCC(=O)OC(C)(C)C. The van der Waals surface area contributed by atoms with Crippen LogP contribution in [0, 0.1) is 5.92 Å². The van der Waals surface area contributed by atoms with Crippen molar-refractivity contribution >= 4 is 5.97 Å². The minimum absolute atomic E-state index is 0.129. The molecule has 0 aromatic heterocycles. The largest absolute Gasteiger partial charge is 0.483 e. The molecular formula is C16H26O3. The van der Waals surface area contributed by atoms with Crippen LogP contribution in [0.2, 0.25) is 0 Å². The molecule has 0 fully saturated rings. The quantitative estimate of drug-likeness (QED) is 0.396. The molecule has 19 heavy (non-hydrogen) atoms. The van der Waals surface area contributed by atoms with Gasteiger partial charge in [0.15, 0.2) is 6.61 Å².